The number of amides is 1. The van der Waals surface area contributed by atoms with Gasteiger partial charge in [0.2, 0.25) is 11.8 Å². The zero-order valence-corrected chi connectivity index (χ0v) is 17.3. The van der Waals surface area contributed by atoms with E-state index in [4.69, 9.17) is 14.2 Å². The molecule has 2 atom stereocenters. The van der Waals surface area contributed by atoms with Crippen molar-refractivity contribution < 1.29 is 23.4 Å². The molecule has 1 amide bonds. The first-order valence-electron chi connectivity index (χ1n) is 10.0. The molecule has 8 nitrogen and oxygen atoms in total. The number of likely N-dealkylation sites (tertiary alicyclic amines) is 1. The Hall–Kier alpha value is -2.97. The molecule has 0 N–H and O–H groups in total. The van der Waals surface area contributed by atoms with Crippen LogP contribution in [-0.2, 0) is 4.74 Å². The summed E-state index contributed by atoms with van der Waals surface area (Å²) in [5.41, 5.74) is 0.912. The number of hydrogen-bond acceptors (Lipinski definition) is 7. The maximum absolute atomic E-state index is 14.8. The molecule has 2 fully saturated rings. The molecule has 1 aliphatic carbocycles. The lowest BCUT2D eigenvalue weighted by atomic mass is 10.1. The molecule has 2 aromatic heterocycles. The predicted molar refractivity (Wildman–Crippen MR) is 105 cm³/mol. The van der Waals surface area contributed by atoms with Gasteiger partial charge in [-0.25, -0.2) is 19.2 Å². The van der Waals surface area contributed by atoms with Gasteiger partial charge < -0.3 is 19.1 Å². The fourth-order valence-corrected chi connectivity index (χ4v) is 3.20. The van der Waals surface area contributed by atoms with Crippen LogP contribution in [0.1, 0.15) is 37.4 Å². The molecule has 160 valence electrons. The summed E-state index contributed by atoms with van der Waals surface area (Å²) in [6, 6.07) is 3.56. The van der Waals surface area contributed by atoms with E-state index in [1.165, 1.54) is 11.2 Å². The van der Waals surface area contributed by atoms with Gasteiger partial charge in [0.15, 0.2) is 11.9 Å². The number of nitrogens with zero attached hydrogens (tertiary/aromatic N) is 4. The van der Waals surface area contributed by atoms with Gasteiger partial charge in [0, 0.05) is 19.2 Å². The lowest BCUT2D eigenvalue weighted by molar-refractivity contribution is 0.00193. The summed E-state index contributed by atoms with van der Waals surface area (Å²) in [6.45, 7) is 5.77. The summed E-state index contributed by atoms with van der Waals surface area (Å²) in [6.07, 6.45) is 2.52. The van der Waals surface area contributed by atoms with Crippen LogP contribution in [0.5, 0.6) is 17.5 Å². The molecule has 30 heavy (non-hydrogen) atoms. The van der Waals surface area contributed by atoms with E-state index in [9.17, 15) is 9.18 Å². The molecule has 0 aromatic carbocycles. The highest BCUT2D eigenvalue weighted by atomic mass is 19.1. The van der Waals surface area contributed by atoms with Crippen molar-refractivity contribution in [3.63, 3.8) is 0 Å². The van der Waals surface area contributed by atoms with Crippen LogP contribution in [0.4, 0.5) is 9.18 Å². The third-order valence-electron chi connectivity index (χ3n) is 5.45. The van der Waals surface area contributed by atoms with Crippen molar-refractivity contribution in [2.75, 3.05) is 13.1 Å². The fourth-order valence-electron chi connectivity index (χ4n) is 3.20. The van der Waals surface area contributed by atoms with Crippen LogP contribution in [0.15, 0.2) is 24.7 Å². The van der Waals surface area contributed by atoms with Crippen LogP contribution in [-0.4, -0.2) is 56.9 Å². The Morgan fingerprint density at radius 2 is 2.00 bits per heavy atom. The topological polar surface area (TPSA) is 86.7 Å². The van der Waals surface area contributed by atoms with Crippen LogP contribution < -0.4 is 9.47 Å². The van der Waals surface area contributed by atoms with Gasteiger partial charge in [0.05, 0.1) is 17.8 Å². The van der Waals surface area contributed by atoms with Gasteiger partial charge in [-0.2, -0.15) is 0 Å². The predicted octanol–water partition coefficient (Wildman–Crippen LogP) is 3.76. The number of pyridine rings is 1. The molecular weight excluding hydrogens is 391 g/mol. The van der Waals surface area contributed by atoms with E-state index in [1.54, 1.807) is 25.3 Å². The van der Waals surface area contributed by atoms with Crippen LogP contribution >= 0.6 is 0 Å². The number of aromatic nitrogens is 3. The smallest absolute Gasteiger partial charge is 0.410 e. The normalized spacial score (nSPS) is 22.3. The van der Waals surface area contributed by atoms with Crippen molar-refractivity contribution in [1.29, 1.82) is 0 Å². The third-order valence-corrected chi connectivity index (χ3v) is 5.45. The van der Waals surface area contributed by atoms with Crippen LogP contribution in [0.2, 0.25) is 0 Å². The van der Waals surface area contributed by atoms with Gasteiger partial charge >= 0.3 is 6.09 Å². The van der Waals surface area contributed by atoms with Gasteiger partial charge in [0.1, 0.15) is 18.0 Å². The van der Waals surface area contributed by atoms with Crippen molar-refractivity contribution in [3.8, 4) is 17.5 Å². The number of carbonyl (C=O) groups excluding carboxylic acids is 1. The second kappa shape index (κ2) is 8.04. The Labute approximate surface area is 174 Å². The average molecular weight is 416 g/mol. The number of piperidine rings is 1. The first-order valence-corrected chi connectivity index (χ1v) is 10.0. The number of rotatable bonds is 5. The van der Waals surface area contributed by atoms with Crippen molar-refractivity contribution >= 4 is 6.09 Å². The average Bonchev–Trinajstić information content (AvgIpc) is 3.44. The van der Waals surface area contributed by atoms with E-state index < -0.39 is 18.4 Å². The second-order valence-corrected chi connectivity index (χ2v) is 8.02. The first-order chi connectivity index (χ1) is 14.3. The summed E-state index contributed by atoms with van der Waals surface area (Å²) >= 11 is 0. The molecule has 0 unspecified atom stereocenters. The molecule has 1 aliphatic heterocycles. The van der Waals surface area contributed by atoms with Crippen molar-refractivity contribution in [1.82, 2.24) is 19.9 Å². The Bertz CT molecular complexity index is 937. The van der Waals surface area contributed by atoms with Gasteiger partial charge in [-0.1, -0.05) is 0 Å². The molecule has 0 bridgehead atoms. The standard InChI is InChI=1S/C21H25FN4O4/c1-13-18(28-16-5-4-9-23-14(16)2)24-12-25-19(13)29-17-6-10-26(11-15(17)22)20(27)30-21(3)7-8-21/h4-5,9,12,15,17H,6-8,10-11H2,1-3H3/t15-,17-/m0/s1. The zero-order chi connectivity index (χ0) is 21.3. The first kappa shape index (κ1) is 20.3. The van der Waals surface area contributed by atoms with Gasteiger partial charge in [0.25, 0.3) is 0 Å². The van der Waals surface area contributed by atoms with Crippen molar-refractivity contribution in [2.24, 2.45) is 0 Å². The second-order valence-electron chi connectivity index (χ2n) is 8.02. The fraction of sp³-hybridized carbons (Fsp3) is 0.524. The van der Waals surface area contributed by atoms with Crippen molar-refractivity contribution in [3.05, 3.63) is 35.9 Å². The molecule has 1 saturated carbocycles. The molecule has 9 heteroatoms. The van der Waals surface area contributed by atoms with Gasteiger partial charge in [-0.3, -0.25) is 4.98 Å². The van der Waals surface area contributed by atoms with E-state index in [0.29, 0.717) is 30.2 Å². The number of halogens is 1. The van der Waals surface area contributed by atoms with E-state index in [-0.39, 0.29) is 18.0 Å². The quantitative estimate of drug-likeness (QED) is 0.733. The number of carbonyl (C=O) groups is 1. The van der Waals surface area contributed by atoms with Crippen LogP contribution in [0.3, 0.4) is 0 Å². The molecule has 1 saturated heterocycles. The summed E-state index contributed by atoms with van der Waals surface area (Å²) in [4.78, 5) is 26.1. The van der Waals surface area contributed by atoms with E-state index in [2.05, 4.69) is 15.0 Å². The highest BCUT2D eigenvalue weighted by Gasteiger charge is 2.44. The summed E-state index contributed by atoms with van der Waals surface area (Å²) in [5.74, 6) is 1.16. The Balaban J connectivity index is 1.40. The Kier molecular flexibility index (Phi) is 5.44. The zero-order valence-electron chi connectivity index (χ0n) is 17.3. The minimum Gasteiger partial charge on any atom is -0.471 e. The number of aryl methyl sites for hydroxylation is 1. The summed E-state index contributed by atoms with van der Waals surface area (Å²) in [5, 5.41) is 0. The number of ether oxygens (including phenoxy) is 3. The number of hydrogen-bond donors (Lipinski definition) is 0. The Morgan fingerprint density at radius 1 is 1.23 bits per heavy atom. The van der Waals surface area contributed by atoms with Crippen LogP contribution in [0.25, 0.3) is 0 Å². The molecule has 4 rings (SSSR count). The van der Waals surface area contributed by atoms with Gasteiger partial charge in [-0.15, -0.1) is 0 Å². The SMILES string of the molecule is Cc1ncccc1Oc1ncnc(O[C@H]2CCN(C(=O)OC3(C)CC3)C[C@@H]2F)c1C. The third kappa shape index (κ3) is 4.44. The maximum Gasteiger partial charge on any atom is 0.410 e. The summed E-state index contributed by atoms with van der Waals surface area (Å²) < 4.78 is 31.9. The highest BCUT2D eigenvalue weighted by molar-refractivity contribution is 5.68. The maximum atomic E-state index is 14.8. The molecule has 0 spiro atoms. The monoisotopic (exact) mass is 416 g/mol. The molecule has 0 radical (unpaired) electrons. The van der Waals surface area contributed by atoms with E-state index in [0.717, 1.165) is 18.5 Å². The highest BCUT2D eigenvalue weighted by Crippen LogP contribution is 2.39. The molecule has 2 aromatic rings. The van der Waals surface area contributed by atoms with Gasteiger partial charge in [-0.05, 0) is 45.7 Å². The lowest BCUT2D eigenvalue weighted by Gasteiger charge is -2.34. The molecular formula is C21H25FN4O4. The number of alkyl halides is 1. The Morgan fingerprint density at radius 3 is 2.70 bits per heavy atom. The minimum atomic E-state index is -1.35. The molecule has 3 heterocycles. The minimum absolute atomic E-state index is 0.0675. The molecule has 2 aliphatic rings. The van der Waals surface area contributed by atoms with E-state index in [1.807, 2.05) is 13.8 Å². The van der Waals surface area contributed by atoms with E-state index >= 15 is 0 Å². The summed E-state index contributed by atoms with van der Waals surface area (Å²) in [7, 11) is 0. The van der Waals surface area contributed by atoms with Crippen molar-refractivity contribution in [2.45, 2.75) is 57.9 Å². The van der Waals surface area contributed by atoms with Crippen LogP contribution in [0, 0.1) is 13.8 Å². The lowest BCUT2D eigenvalue weighted by Crippen LogP contribution is -2.50. The largest absolute Gasteiger partial charge is 0.471 e.